The third-order valence-electron chi connectivity index (χ3n) is 5.59. The average molecular weight is 264 g/mol. The van der Waals surface area contributed by atoms with Crippen LogP contribution in [-0.2, 0) is 9.59 Å². The summed E-state index contributed by atoms with van der Waals surface area (Å²) in [6, 6.07) is 0. The Hall–Kier alpha value is -1.06. The molecule has 4 nitrogen and oxygen atoms in total. The maximum Gasteiger partial charge on any atom is 0.226 e. The van der Waals surface area contributed by atoms with Crippen LogP contribution in [0.2, 0.25) is 0 Å². The Morgan fingerprint density at radius 2 is 1.11 bits per heavy atom. The summed E-state index contributed by atoms with van der Waals surface area (Å²) < 4.78 is 0. The lowest BCUT2D eigenvalue weighted by Crippen LogP contribution is -2.53. The van der Waals surface area contributed by atoms with Crippen LogP contribution in [0.4, 0.5) is 0 Å². The molecule has 19 heavy (non-hydrogen) atoms. The molecule has 0 aliphatic heterocycles. The minimum Gasteiger partial charge on any atom is -0.349 e. The van der Waals surface area contributed by atoms with Gasteiger partial charge < -0.3 is 9.80 Å². The molecule has 4 aliphatic rings. The molecule has 4 fully saturated rings. The first-order valence-corrected chi connectivity index (χ1v) is 7.35. The van der Waals surface area contributed by atoms with Gasteiger partial charge >= 0.3 is 0 Å². The molecule has 4 aliphatic carbocycles. The van der Waals surface area contributed by atoms with Crippen molar-refractivity contribution in [2.45, 2.75) is 19.3 Å². The van der Waals surface area contributed by atoms with Gasteiger partial charge in [0, 0.05) is 28.2 Å². The van der Waals surface area contributed by atoms with E-state index in [4.69, 9.17) is 0 Å². The summed E-state index contributed by atoms with van der Waals surface area (Å²) in [5.41, 5.74) is 0. The lowest BCUT2D eigenvalue weighted by atomic mass is 9.58. The van der Waals surface area contributed by atoms with E-state index in [1.165, 1.54) is 6.42 Å². The van der Waals surface area contributed by atoms with Gasteiger partial charge in [0.1, 0.15) is 0 Å². The molecule has 0 radical (unpaired) electrons. The Balaban J connectivity index is 1.93. The smallest absolute Gasteiger partial charge is 0.226 e. The second-order valence-corrected chi connectivity index (χ2v) is 6.99. The maximum atomic E-state index is 12.5. The summed E-state index contributed by atoms with van der Waals surface area (Å²) in [6.07, 6.45) is 3.55. The molecule has 0 saturated heterocycles. The lowest BCUT2D eigenvalue weighted by Gasteiger charge is -2.47. The van der Waals surface area contributed by atoms with Crippen LogP contribution >= 0.6 is 0 Å². The highest BCUT2D eigenvalue weighted by atomic mass is 16.2. The molecule has 0 aromatic carbocycles. The van der Waals surface area contributed by atoms with Crippen molar-refractivity contribution >= 4 is 11.8 Å². The zero-order valence-electron chi connectivity index (χ0n) is 12.3. The molecule has 0 aromatic heterocycles. The van der Waals surface area contributed by atoms with Crippen molar-refractivity contribution in [3.63, 3.8) is 0 Å². The van der Waals surface area contributed by atoms with Gasteiger partial charge in [0.05, 0.1) is 11.8 Å². The number of carbonyl (C=O) groups excluding carboxylic acids is 2. The Morgan fingerprint density at radius 3 is 1.42 bits per heavy atom. The highest BCUT2D eigenvalue weighted by Crippen LogP contribution is 2.66. The molecule has 0 heterocycles. The molecule has 106 valence electrons. The normalized spacial score (nSPS) is 42.5. The van der Waals surface area contributed by atoms with Gasteiger partial charge in [0.15, 0.2) is 0 Å². The van der Waals surface area contributed by atoms with Gasteiger partial charge in [0.25, 0.3) is 0 Å². The van der Waals surface area contributed by atoms with E-state index >= 15 is 0 Å². The molecular formula is C15H24N2O2. The largest absolute Gasteiger partial charge is 0.349 e. The molecule has 4 heteroatoms. The van der Waals surface area contributed by atoms with Crippen LogP contribution in [0.15, 0.2) is 0 Å². The van der Waals surface area contributed by atoms with Gasteiger partial charge in [0.2, 0.25) is 11.8 Å². The standard InChI is InChI=1S/C15H24N2O2/c1-16(2)14(18)12-8-5-6-9(11-7-10(8)11)13(12)15(19)17(3)4/h8-13H,5-7H2,1-4H3/t8-,9+,10-,11-,12+,13-/m1/s1. The Kier molecular flexibility index (Phi) is 2.88. The molecule has 4 saturated carbocycles. The van der Waals surface area contributed by atoms with E-state index in [1.807, 2.05) is 28.2 Å². The highest BCUT2D eigenvalue weighted by molar-refractivity contribution is 5.88. The fraction of sp³-hybridized carbons (Fsp3) is 0.867. The van der Waals surface area contributed by atoms with Crippen molar-refractivity contribution in [2.24, 2.45) is 35.5 Å². The first kappa shape index (κ1) is 12.9. The number of amides is 2. The van der Waals surface area contributed by atoms with Crippen molar-refractivity contribution in [1.29, 1.82) is 0 Å². The summed E-state index contributed by atoms with van der Waals surface area (Å²) in [7, 11) is 7.25. The third-order valence-corrected chi connectivity index (χ3v) is 5.59. The Morgan fingerprint density at radius 1 is 0.737 bits per heavy atom. The van der Waals surface area contributed by atoms with E-state index in [1.54, 1.807) is 9.80 Å². The zero-order valence-corrected chi connectivity index (χ0v) is 12.3. The van der Waals surface area contributed by atoms with Gasteiger partial charge in [-0.2, -0.15) is 0 Å². The van der Waals surface area contributed by atoms with Crippen molar-refractivity contribution in [1.82, 2.24) is 9.80 Å². The van der Waals surface area contributed by atoms with E-state index in [0.29, 0.717) is 11.8 Å². The first-order chi connectivity index (χ1) is 8.93. The lowest BCUT2D eigenvalue weighted by molar-refractivity contribution is -0.155. The summed E-state index contributed by atoms with van der Waals surface area (Å²) in [5, 5.41) is 0. The van der Waals surface area contributed by atoms with Crippen LogP contribution < -0.4 is 0 Å². The molecule has 2 bridgehead atoms. The molecule has 4 rings (SSSR count). The second-order valence-electron chi connectivity index (χ2n) is 6.99. The highest BCUT2D eigenvalue weighted by Gasteiger charge is 2.64. The molecule has 2 amide bonds. The predicted octanol–water partition coefficient (Wildman–Crippen LogP) is 1.07. The zero-order chi connectivity index (χ0) is 13.9. The van der Waals surface area contributed by atoms with Crippen molar-refractivity contribution in [2.75, 3.05) is 28.2 Å². The van der Waals surface area contributed by atoms with E-state index in [0.717, 1.165) is 24.7 Å². The van der Waals surface area contributed by atoms with Crippen LogP contribution in [-0.4, -0.2) is 49.8 Å². The first-order valence-electron chi connectivity index (χ1n) is 7.35. The van der Waals surface area contributed by atoms with Crippen LogP contribution in [0.3, 0.4) is 0 Å². The maximum absolute atomic E-state index is 12.5. The van der Waals surface area contributed by atoms with Crippen LogP contribution in [0, 0.1) is 35.5 Å². The van der Waals surface area contributed by atoms with Crippen LogP contribution in [0.1, 0.15) is 19.3 Å². The van der Waals surface area contributed by atoms with E-state index in [-0.39, 0.29) is 23.7 Å². The summed E-state index contributed by atoms with van der Waals surface area (Å²) in [6.45, 7) is 0. The van der Waals surface area contributed by atoms with E-state index < -0.39 is 0 Å². The minimum absolute atomic E-state index is 0.0626. The van der Waals surface area contributed by atoms with Crippen molar-refractivity contribution in [3.05, 3.63) is 0 Å². The SMILES string of the molecule is CN(C)C(=O)[C@@H]1[C@H]2CC[C@H]([C@H]3C[C@@H]32)[C@@H]1C(=O)N(C)C. The fourth-order valence-electron chi connectivity index (χ4n) is 4.73. The van der Waals surface area contributed by atoms with Gasteiger partial charge in [-0.15, -0.1) is 0 Å². The Labute approximate surface area is 115 Å². The second kappa shape index (κ2) is 4.22. The molecule has 0 unspecified atom stereocenters. The molecule has 6 atom stereocenters. The topological polar surface area (TPSA) is 40.6 Å². The molecule has 0 aromatic rings. The average Bonchev–Trinajstić information content (AvgIpc) is 3.17. The number of hydrogen-bond donors (Lipinski definition) is 0. The van der Waals surface area contributed by atoms with E-state index in [9.17, 15) is 9.59 Å². The molecule has 0 spiro atoms. The van der Waals surface area contributed by atoms with E-state index in [2.05, 4.69) is 0 Å². The minimum atomic E-state index is -0.0626. The number of hydrogen-bond acceptors (Lipinski definition) is 2. The molecule has 0 N–H and O–H groups in total. The summed E-state index contributed by atoms with van der Waals surface area (Å²) in [4.78, 5) is 28.4. The van der Waals surface area contributed by atoms with Crippen LogP contribution in [0.5, 0.6) is 0 Å². The predicted molar refractivity (Wildman–Crippen MR) is 72.2 cm³/mol. The van der Waals surface area contributed by atoms with Crippen molar-refractivity contribution in [3.8, 4) is 0 Å². The third kappa shape index (κ3) is 1.79. The number of fused-ring (bicyclic) bond motifs is 2. The Bertz CT molecular complexity index is 380. The quantitative estimate of drug-likeness (QED) is 0.748. The number of rotatable bonds is 2. The number of carbonyl (C=O) groups is 2. The fourth-order valence-corrected chi connectivity index (χ4v) is 4.73. The van der Waals surface area contributed by atoms with Gasteiger partial charge in [-0.3, -0.25) is 9.59 Å². The number of nitrogens with zero attached hydrogens (tertiary/aromatic N) is 2. The summed E-state index contributed by atoms with van der Waals surface area (Å²) >= 11 is 0. The van der Waals surface area contributed by atoms with Crippen molar-refractivity contribution < 1.29 is 9.59 Å². The molecular weight excluding hydrogens is 240 g/mol. The van der Waals surface area contributed by atoms with Gasteiger partial charge in [-0.25, -0.2) is 0 Å². The summed E-state index contributed by atoms with van der Waals surface area (Å²) in [5.74, 6) is 2.59. The van der Waals surface area contributed by atoms with Crippen LogP contribution in [0.25, 0.3) is 0 Å². The monoisotopic (exact) mass is 264 g/mol. The van der Waals surface area contributed by atoms with Gasteiger partial charge in [-0.05, 0) is 42.9 Å². The van der Waals surface area contributed by atoms with Gasteiger partial charge in [-0.1, -0.05) is 0 Å².